The summed E-state index contributed by atoms with van der Waals surface area (Å²) in [7, 11) is 0. The molecule has 0 saturated heterocycles. The largest absolute Gasteiger partial charge is 0.484 e. The topological polar surface area (TPSA) is 64.4 Å². The van der Waals surface area contributed by atoms with Crippen LogP contribution in [0, 0.1) is 0 Å². The zero-order valence-electron chi connectivity index (χ0n) is 10.9. The van der Waals surface area contributed by atoms with Crippen LogP contribution in [0.1, 0.15) is 18.4 Å². The number of nitrogens with two attached hydrogens (primary N) is 1. The minimum absolute atomic E-state index is 0.115. The number of nitrogens with one attached hydrogen (secondary N) is 1. The highest BCUT2D eigenvalue weighted by Crippen LogP contribution is 2.22. The lowest BCUT2D eigenvalue weighted by Gasteiger charge is -2.13. The summed E-state index contributed by atoms with van der Waals surface area (Å²) in [5.41, 5.74) is 5.78. The molecule has 112 valence electrons. The molecule has 0 aromatic heterocycles. The van der Waals surface area contributed by atoms with E-state index in [4.69, 9.17) is 10.5 Å². The lowest BCUT2D eigenvalue weighted by atomic mass is 10.2. The van der Waals surface area contributed by atoms with E-state index in [1.54, 1.807) is 18.2 Å². The Balaban J connectivity index is 2.55. The first-order valence-corrected chi connectivity index (χ1v) is 6.16. The lowest BCUT2D eigenvalue weighted by Crippen LogP contribution is -2.24. The predicted molar refractivity (Wildman–Crippen MR) is 68.1 cm³/mol. The molecule has 0 spiro atoms. The Kier molecular flexibility index (Phi) is 6.30. The molecular formula is C13H17F3N2O2. The third-order valence-corrected chi connectivity index (χ3v) is 2.45. The first-order valence-electron chi connectivity index (χ1n) is 6.16. The fourth-order valence-corrected chi connectivity index (χ4v) is 1.50. The van der Waals surface area contributed by atoms with Gasteiger partial charge in [0, 0.05) is 18.5 Å². The van der Waals surface area contributed by atoms with Crippen LogP contribution in [-0.4, -0.2) is 25.2 Å². The summed E-state index contributed by atoms with van der Waals surface area (Å²) in [5, 5.41) is 2.62. The van der Waals surface area contributed by atoms with Gasteiger partial charge in [0.1, 0.15) is 5.75 Å². The molecule has 4 nitrogen and oxygen atoms in total. The molecule has 0 heterocycles. The second kappa shape index (κ2) is 7.74. The van der Waals surface area contributed by atoms with E-state index in [0.717, 1.165) is 0 Å². The molecule has 0 aliphatic carbocycles. The van der Waals surface area contributed by atoms with Crippen LogP contribution in [-0.2, 0) is 11.3 Å². The average molecular weight is 290 g/mol. The highest BCUT2D eigenvalue weighted by molar-refractivity contribution is 5.75. The number of alkyl halides is 3. The highest BCUT2D eigenvalue weighted by Gasteiger charge is 2.28. The number of carbonyl (C=O) groups excluding carboxylic acids is 1. The van der Waals surface area contributed by atoms with E-state index >= 15 is 0 Å². The van der Waals surface area contributed by atoms with Gasteiger partial charge in [-0.15, -0.1) is 0 Å². The van der Waals surface area contributed by atoms with Crippen molar-refractivity contribution >= 4 is 5.91 Å². The number of para-hydroxylation sites is 1. The van der Waals surface area contributed by atoms with E-state index in [2.05, 4.69) is 5.32 Å². The summed E-state index contributed by atoms with van der Waals surface area (Å²) in [6, 6.07) is 6.29. The van der Waals surface area contributed by atoms with Gasteiger partial charge in [0.05, 0.1) is 0 Å². The van der Waals surface area contributed by atoms with Gasteiger partial charge in [-0.2, -0.15) is 13.2 Å². The van der Waals surface area contributed by atoms with Crippen LogP contribution >= 0.6 is 0 Å². The molecule has 20 heavy (non-hydrogen) atoms. The van der Waals surface area contributed by atoms with Crippen LogP contribution in [0.3, 0.4) is 0 Å². The predicted octanol–water partition coefficient (Wildman–Crippen LogP) is 1.98. The van der Waals surface area contributed by atoms with E-state index in [-0.39, 0.29) is 18.2 Å². The average Bonchev–Trinajstić information content (AvgIpc) is 2.40. The van der Waals surface area contributed by atoms with Gasteiger partial charge < -0.3 is 15.8 Å². The molecule has 0 aliphatic rings. The van der Waals surface area contributed by atoms with Gasteiger partial charge in [0.25, 0.3) is 0 Å². The summed E-state index contributed by atoms with van der Waals surface area (Å²) in [6.07, 6.45) is -3.53. The summed E-state index contributed by atoms with van der Waals surface area (Å²) in [4.78, 5) is 11.4. The fourth-order valence-electron chi connectivity index (χ4n) is 1.50. The SMILES string of the molecule is NCCCC(=O)NCc1ccccc1OCC(F)(F)F. The second-order valence-corrected chi connectivity index (χ2v) is 4.18. The minimum atomic E-state index is -4.39. The van der Waals surface area contributed by atoms with Crippen molar-refractivity contribution in [3.05, 3.63) is 29.8 Å². The van der Waals surface area contributed by atoms with Gasteiger partial charge in [0.15, 0.2) is 6.61 Å². The van der Waals surface area contributed by atoms with E-state index in [9.17, 15) is 18.0 Å². The van der Waals surface area contributed by atoms with Crippen LogP contribution < -0.4 is 15.8 Å². The maximum absolute atomic E-state index is 12.1. The van der Waals surface area contributed by atoms with Crippen molar-refractivity contribution < 1.29 is 22.7 Å². The van der Waals surface area contributed by atoms with Crippen molar-refractivity contribution in [3.8, 4) is 5.75 Å². The van der Waals surface area contributed by atoms with E-state index in [1.807, 2.05) is 0 Å². The number of rotatable bonds is 7. The molecule has 0 aliphatic heterocycles. The van der Waals surface area contributed by atoms with Gasteiger partial charge in [-0.3, -0.25) is 4.79 Å². The number of hydrogen-bond donors (Lipinski definition) is 2. The van der Waals surface area contributed by atoms with Crippen LogP contribution in [0.25, 0.3) is 0 Å². The monoisotopic (exact) mass is 290 g/mol. The van der Waals surface area contributed by atoms with Crippen molar-refractivity contribution in [1.29, 1.82) is 0 Å². The Hall–Kier alpha value is -1.76. The Labute approximate surface area is 115 Å². The summed E-state index contributed by atoms with van der Waals surface area (Å²) in [5.74, 6) is -0.0787. The first-order chi connectivity index (χ1) is 9.42. The maximum Gasteiger partial charge on any atom is 0.422 e. The number of amides is 1. The fraction of sp³-hybridized carbons (Fsp3) is 0.462. The van der Waals surface area contributed by atoms with Crippen LogP contribution in [0.4, 0.5) is 13.2 Å². The van der Waals surface area contributed by atoms with Gasteiger partial charge in [-0.1, -0.05) is 18.2 Å². The minimum Gasteiger partial charge on any atom is -0.484 e. The van der Waals surface area contributed by atoms with Crippen molar-refractivity contribution in [1.82, 2.24) is 5.32 Å². The van der Waals surface area contributed by atoms with Crippen LogP contribution in [0.15, 0.2) is 24.3 Å². The molecule has 1 rings (SSSR count). The number of carbonyl (C=O) groups is 1. The van der Waals surface area contributed by atoms with E-state index in [0.29, 0.717) is 24.9 Å². The number of hydrogen-bond acceptors (Lipinski definition) is 3. The molecule has 0 atom stereocenters. The van der Waals surface area contributed by atoms with Gasteiger partial charge >= 0.3 is 6.18 Å². The van der Waals surface area contributed by atoms with Crippen LogP contribution in [0.5, 0.6) is 5.75 Å². The standard InChI is InChI=1S/C13H17F3N2O2/c14-13(15,16)9-20-11-5-2-1-4-10(11)8-18-12(19)6-3-7-17/h1-2,4-5H,3,6-9,17H2,(H,18,19). The van der Waals surface area contributed by atoms with E-state index in [1.165, 1.54) is 6.07 Å². The van der Waals surface area contributed by atoms with Gasteiger partial charge in [0.2, 0.25) is 5.91 Å². The third kappa shape index (κ3) is 6.42. The maximum atomic E-state index is 12.1. The number of halogens is 3. The molecule has 7 heteroatoms. The van der Waals surface area contributed by atoms with Gasteiger partial charge in [-0.25, -0.2) is 0 Å². The van der Waals surface area contributed by atoms with Crippen molar-refractivity contribution in [2.24, 2.45) is 5.73 Å². The zero-order valence-corrected chi connectivity index (χ0v) is 10.9. The molecule has 0 radical (unpaired) electrons. The molecule has 3 N–H and O–H groups in total. The van der Waals surface area contributed by atoms with Gasteiger partial charge in [-0.05, 0) is 19.0 Å². The summed E-state index contributed by atoms with van der Waals surface area (Å²) < 4.78 is 41.1. The normalized spacial score (nSPS) is 11.2. The molecule has 1 aromatic rings. The number of ether oxygens (including phenoxy) is 1. The van der Waals surface area contributed by atoms with Crippen molar-refractivity contribution in [3.63, 3.8) is 0 Å². The molecule has 1 aromatic carbocycles. The van der Waals surface area contributed by atoms with Crippen LogP contribution in [0.2, 0.25) is 0 Å². The molecule has 0 saturated carbocycles. The molecule has 0 unspecified atom stereocenters. The second-order valence-electron chi connectivity index (χ2n) is 4.18. The quantitative estimate of drug-likeness (QED) is 0.807. The Morgan fingerprint density at radius 2 is 2.00 bits per heavy atom. The Bertz CT molecular complexity index is 436. The molecule has 0 fully saturated rings. The Morgan fingerprint density at radius 1 is 1.30 bits per heavy atom. The zero-order chi connectivity index (χ0) is 15.0. The molecular weight excluding hydrogens is 273 g/mol. The Morgan fingerprint density at radius 3 is 2.65 bits per heavy atom. The van der Waals surface area contributed by atoms with Crippen molar-refractivity contribution in [2.45, 2.75) is 25.6 Å². The highest BCUT2D eigenvalue weighted by atomic mass is 19.4. The summed E-state index contributed by atoms with van der Waals surface area (Å²) in [6.45, 7) is -0.818. The summed E-state index contributed by atoms with van der Waals surface area (Å²) >= 11 is 0. The molecule has 0 bridgehead atoms. The lowest BCUT2D eigenvalue weighted by molar-refractivity contribution is -0.153. The number of benzene rings is 1. The first kappa shape index (κ1) is 16.3. The van der Waals surface area contributed by atoms with E-state index < -0.39 is 12.8 Å². The molecule has 1 amide bonds. The van der Waals surface area contributed by atoms with Crippen molar-refractivity contribution in [2.75, 3.05) is 13.2 Å². The smallest absolute Gasteiger partial charge is 0.422 e. The third-order valence-electron chi connectivity index (χ3n) is 2.45.